The molecule has 2 saturated heterocycles. The quantitative estimate of drug-likeness (QED) is 0.515. The molecule has 0 radical (unpaired) electrons. The van der Waals surface area contributed by atoms with Crippen LogP contribution < -0.4 is 0 Å². The van der Waals surface area contributed by atoms with Gasteiger partial charge >= 0.3 is 6.09 Å². The molecule has 22 heavy (non-hydrogen) atoms. The van der Waals surface area contributed by atoms with Crippen LogP contribution in [0.4, 0.5) is 9.18 Å². The van der Waals surface area contributed by atoms with Gasteiger partial charge in [-0.1, -0.05) is 15.9 Å². The van der Waals surface area contributed by atoms with Gasteiger partial charge in [-0.15, -0.1) is 0 Å². The smallest absolute Gasteiger partial charge is 0.410 e. The van der Waals surface area contributed by atoms with E-state index in [2.05, 4.69) is 20.9 Å². The zero-order valence-electron chi connectivity index (χ0n) is 13.3. The molecule has 0 saturated carbocycles. The van der Waals surface area contributed by atoms with Crippen LogP contribution in [-0.2, 0) is 4.74 Å². The highest BCUT2D eigenvalue weighted by Crippen LogP contribution is 2.47. The minimum Gasteiger partial charge on any atom is -0.444 e. The zero-order valence-corrected chi connectivity index (χ0v) is 14.9. The summed E-state index contributed by atoms with van der Waals surface area (Å²) >= 11 is 3.38. The summed E-state index contributed by atoms with van der Waals surface area (Å²) in [6, 6.07) is 0.488. The molecule has 0 aromatic carbocycles. The molecule has 124 valence electrons. The van der Waals surface area contributed by atoms with Gasteiger partial charge in [-0.2, -0.15) is 0 Å². The molecule has 0 aromatic rings. The number of fused-ring (bicyclic) bond motifs is 2. The third-order valence-electron chi connectivity index (χ3n) is 4.95. The van der Waals surface area contributed by atoms with Gasteiger partial charge in [0, 0.05) is 24.2 Å². The molecule has 0 spiro atoms. The second-order valence-electron chi connectivity index (χ2n) is 7.67. The van der Waals surface area contributed by atoms with E-state index in [4.69, 9.17) is 4.74 Å². The van der Waals surface area contributed by atoms with Gasteiger partial charge in [-0.3, -0.25) is 4.99 Å². The van der Waals surface area contributed by atoms with Crippen molar-refractivity contribution in [3.05, 3.63) is 0 Å². The zero-order chi connectivity index (χ0) is 16.1. The lowest BCUT2D eigenvalue weighted by Gasteiger charge is -2.32. The molecule has 1 amide bonds. The number of halogens is 2. The number of nitrogens with zero attached hydrogens (tertiary/aromatic N) is 2. The van der Waals surface area contributed by atoms with Crippen molar-refractivity contribution < 1.29 is 13.9 Å². The van der Waals surface area contributed by atoms with Crippen molar-refractivity contribution in [3.63, 3.8) is 0 Å². The average molecular weight is 375 g/mol. The summed E-state index contributed by atoms with van der Waals surface area (Å²) in [6.45, 7) is 5.68. The van der Waals surface area contributed by atoms with E-state index in [9.17, 15) is 9.18 Å². The number of hydrogen-bond acceptors (Lipinski definition) is 3. The number of carbonyl (C=O) groups is 1. The Balaban J connectivity index is 1.71. The first-order valence-corrected chi connectivity index (χ1v) is 9.00. The van der Waals surface area contributed by atoms with Gasteiger partial charge in [0.15, 0.2) is 0 Å². The maximum absolute atomic E-state index is 13.5. The highest BCUT2D eigenvalue weighted by molar-refractivity contribution is 9.09. The molecule has 3 rings (SSSR count). The van der Waals surface area contributed by atoms with Crippen molar-refractivity contribution in [1.29, 1.82) is 0 Å². The summed E-state index contributed by atoms with van der Waals surface area (Å²) in [6.07, 6.45) is 4.24. The fraction of sp³-hybridized carbons (Fsp3) is 0.875. The largest absolute Gasteiger partial charge is 0.444 e. The first kappa shape index (κ1) is 16.2. The molecule has 3 aliphatic rings. The van der Waals surface area contributed by atoms with Crippen LogP contribution in [0.5, 0.6) is 0 Å². The standard InChI is InChI=1S/C16H24BrFN2O2/c1-16(2,3)22-15(21)20-10-4-5-13(20)11(7-10)9-6-12(17)14(18)19-8-9/h8-14H,4-7H2,1-3H3. The Morgan fingerprint density at radius 1 is 1.36 bits per heavy atom. The van der Waals surface area contributed by atoms with E-state index in [1.807, 2.05) is 25.7 Å². The first-order chi connectivity index (χ1) is 10.3. The number of rotatable bonds is 1. The van der Waals surface area contributed by atoms with Crippen molar-refractivity contribution in [2.45, 2.75) is 75.3 Å². The Labute approximate surface area is 139 Å². The van der Waals surface area contributed by atoms with Gasteiger partial charge in [0.25, 0.3) is 0 Å². The lowest BCUT2D eigenvalue weighted by molar-refractivity contribution is 0.0200. The minimum absolute atomic E-state index is 0.200. The molecule has 6 unspecified atom stereocenters. The lowest BCUT2D eigenvalue weighted by Crippen LogP contribution is -2.42. The number of carbonyl (C=O) groups excluding carboxylic acids is 1. The molecule has 3 heterocycles. The van der Waals surface area contributed by atoms with Crippen LogP contribution >= 0.6 is 15.9 Å². The Kier molecular flexibility index (Phi) is 4.25. The van der Waals surface area contributed by atoms with Crippen molar-refractivity contribution in [1.82, 2.24) is 4.90 Å². The van der Waals surface area contributed by atoms with E-state index in [1.165, 1.54) is 0 Å². The van der Waals surface area contributed by atoms with Gasteiger partial charge in [0.1, 0.15) is 5.60 Å². The van der Waals surface area contributed by atoms with Gasteiger partial charge in [-0.25, -0.2) is 9.18 Å². The molecule has 2 bridgehead atoms. The van der Waals surface area contributed by atoms with Crippen LogP contribution in [0.3, 0.4) is 0 Å². The molecule has 4 nitrogen and oxygen atoms in total. The lowest BCUT2D eigenvalue weighted by atomic mass is 9.77. The summed E-state index contributed by atoms with van der Waals surface area (Å²) in [4.78, 5) is 18.2. The van der Waals surface area contributed by atoms with E-state index in [0.29, 0.717) is 5.92 Å². The van der Waals surface area contributed by atoms with Gasteiger partial charge < -0.3 is 9.64 Å². The molecule has 0 aromatic heterocycles. The summed E-state index contributed by atoms with van der Waals surface area (Å²) in [5.74, 6) is 0.624. The monoisotopic (exact) mass is 374 g/mol. The fourth-order valence-corrected chi connectivity index (χ4v) is 4.67. The Hall–Kier alpha value is -0.650. The van der Waals surface area contributed by atoms with Gasteiger partial charge in [0.05, 0.1) is 4.83 Å². The van der Waals surface area contributed by atoms with E-state index < -0.39 is 11.9 Å². The number of alkyl halides is 2. The third kappa shape index (κ3) is 3.03. The summed E-state index contributed by atoms with van der Waals surface area (Å²) < 4.78 is 19.0. The maximum atomic E-state index is 13.5. The average Bonchev–Trinajstić information content (AvgIpc) is 2.97. The Morgan fingerprint density at radius 2 is 2.09 bits per heavy atom. The molecule has 6 atom stereocenters. The van der Waals surface area contributed by atoms with Crippen LogP contribution in [0.2, 0.25) is 0 Å². The van der Waals surface area contributed by atoms with Crippen molar-refractivity contribution in [2.75, 3.05) is 0 Å². The fourth-order valence-electron chi connectivity index (χ4n) is 4.10. The maximum Gasteiger partial charge on any atom is 0.410 e. The number of amides is 1. The highest BCUT2D eigenvalue weighted by Gasteiger charge is 2.52. The van der Waals surface area contributed by atoms with Crippen molar-refractivity contribution in [2.24, 2.45) is 16.8 Å². The number of hydrogen-bond donors (Lipinski definition) is 0. The van der Waals surface area contributed by atoms with E-state index in [-0.39, 0.29) is 28.9 Å². The topological polar surface area (TPSA) is 41.9 Å². The second kappa shape index (κ2) is 5.77. The van der Waals surface area contributed by atoms with Crippen LogP contribution in [0, 0.1) is 11.8 Å². The SMILES string of the molecule is CC(C)(C)OC(=O)N1C2CCC1C(C1C=NC(F)C(Br)C1)C2. The van der Waals surface area contributed by atoms with Gasteiger partial charge in [0.2, 0.25) is 6.30 Å². The summed E-state index contributed by atoms with van der Waals surface area (Å²) in [5.41, 5.74) is -0.469. The molecular weight excluding hydrogens is 351 g/mol. The first-order valence-electron chi connectivity index (χ1n) is 8.09. The summed E-state index contributed by atoms with van der Waals surface area (Å²) in [5, 5.41) is 0. The van der Waals surface area contributed by atoms with Gasteiger partial charge in [-0.05, 0) is 52.4 Å². The van der Waals surface area contributed by atoms with Crippen molar-refractivity contribution >= 4 is 28.2 Å². The third-order valence-corrected chi connectivity index (χ3v) is 5.76. The van der Waals surface area contributed by atoms with E-state index in [1.54, 1.807) is 6.21 Å². The predicted molar refractivity (Wildman–Crippen MR) is 87.2 cm³/mol. The van der Waals surface area contributed by atoms with Crippen LogP contribution in [0.25, 0.3) is 0 Å². The molecular formula is C16H24BrFN2O2. The Bertz CT molecular complexity index is 479. The number of ether oxygens (including phenoxy) is 1. The molecule has 3 aliphatic heterocycles. The normalized spacial score (nSPS) is 41.0. The van der Waals surface area contributed by atoms with Crippen molar-refractivity contribution in [3.8, 4) is 0 Å². The second-order valence-corrected chi connectivity index (χ2v) is 8.85. The number of aliphatic imine (C=N–C) groups is 1. The van der Waals surface area contributed by atoms with Crippen LogP contribution in [-0.4, -0.2) is 46.0 Å². The van der Waals surface area contributed by atoms with Crippen LogP contribution in [0.15, 0.2) is 4.99 Å². The predicted octanol–water partition coefficient (Wildman–Crippen LogP) is 3.92. The van der Waals surface area contributed by atoms with Crippen LogP contribution in [0.1, 0.15) is 46.5 Å². The molecule has 0 aliphatic carbocycles. The molecule has 6 heteroatoms. The highest BCUT2D eigenvalue weighted by atomic mass is 79.9. The summed E-state index contributed by atoms with van der Waals surface area (Å²) in [7, 11) is 0. The Morgan fingerprint density at radius 3 is 2.73 bits per heavy atom. The molecule has 0 N–H and O–H groups in total. The molecule has 2 fully saturated rings. The van der Waals surface area contributed by atoms with E-state index >= 15 is 0 Å². The minimum atomic E-state index is -1.14. The van der Waals surface area contributed by atoms with E-state index in [0.717, 1.165) is 25.7 Å².